The lowest BCUT2D eigenvalue weighted by Gasteiger charge is -2.21. The highest BCUT2D eigenvalue weighted by Crippen LogP contribution is 2.37. The summed E-state index contributed by atoms with van der Waals surface area (Å²) in [5.41, 5.74) is 0. The number of hydrogen-bond donors (Lipinski definition) is 4. The van der Waals surface area contributed by atoms with E-state index in [4.69, 9.17) is 5.11 Å². The van der Waals surface area contributed by atoms with Crippen LogP contribution in [-0.2, 0) is 4.79 Å². The zero-order valence-electron chi connectivity index (χ0n) is 16.9. The first-order valence-electron chi connectivity index (χ1n) is 10.9. The maximum Gasteiger partial charge on any atom is 0.303 e. The van der Waals surface area contributed by atoms with Crippen molar-refractivity contribution < 1.29 is 25.2 Å². The topological polar surface area (TPSA) is 98.0 Å². The van der Waals surface area contributed by atoms with Crippen LogP contribution in [0.2, 0.25) is 0 Å². The van der Waals surface area contributed by atoms with Crippen LogP contribution in [-0.4, -0.2) is 44.7 Å². The third kappa shape index (κ3) is 10.3. The van der Waals surface area contributed by atoms with Crippen LogP contribution >= 0.6 is 0 Å². The molecule has 1 rings (SSSR count). The standard InChI is InChI=1S/C22H40O5/c1-2-3-4-5-6-8-11-17(23)14-15-19-18(20(24)16-21(19)25)12-9-7-10-13-22(26)27/h14-15,17-21,23-25H,2-13,16H2,1H3,(H,26,27)/b15-14+/t17?,18-,19-,20+,21-/m1/s1. The first-order valence-corrected chi connectivity index (χ1v) is 10.9. The van der Waals surface area contributed by atoms with E-state index < -0.39 is 24.3 Å². The van der Waals surface area contributed by atoms with Crippen LogP contribution in [0.1, 0.15) is 90.4 Å². The molecule has 0 aliphatic heterocycles. The van der Waals surface area contributed by atoms with Crippen LogP contribution in [0.15, 0.2) is 12.2 Å². The fourth-order valence-corrected chi connectivity index (χ4v) is 4.10. The Morgan fingerprint density at radius 1 is 1.00 bits per heavy atom. The molecule has 5 heteroatoms. The van der Waals surface area contributed by atoms with Gasteiger partial charge in [-0.2, -0.15) is 0 Å². The van der Waals surface area contributed by atoms with Crippen LogP contribution in [0.3, 0.4) is 0 Å². The summed E-state index contributed by atoms with van der Waals surface area (Å²) in [6, 6.07) is 0. The fraction of sp³-hybridized carbons (Fsp3) is 0.864. The molecule has 0 aromatic rings. The normalized spacial score (nSPS) is 26.7. The van der Waals surface area contributed by atoms with Crippen molar-refractivity contribution in [3.05, 3.63) is 12.2 Å². The maximum absolute atomic E-state index is 10.5. The van der Waals surface area contributed by atoms with Crippen molar-refractivity contribution in [2.24, 2.45) is 11.8 Å². The summed E-state index contributed by atoms with van der Waals surface area (Å²) in [6.45, 7) is 2.20. The number of aliphatic carboxylic acids is 1. The summed E-state index contributed by atoms with van der Waals surface area (Å²) in [7, 11) is 0. The smallest absolute Gasteiger partial charge is 0.303 e. The second kappa shape index (κ2) is 14.1. The third-order valence-corrected chi connectivity index (χ3v) is 5.75. The first-order chi connectivity index (χ1) is 13.0. The predicted molar refractivity (Wildman–Crippen MR) is 107 cm³/mol. The van der Waals surface area contributed by atoms with E-state index in [9.17, 15) is 20.1 Å². The lowest BCUT2D eigenvalue weighted by molar-refractivity contribution is -0.137. The molecule has 5 nitrogen and oxygen atoms in total. The van der Waals surface area contributed by atoms with E-state index in [0.29, 0.717) is 12.8 Å². The Bertz CT molecular complexity index is 423. The molecule has 158 valence electrons. The molecule has 0 spiro atoms. The Labute approximate surface area is 164 Å². The van der Waals surface area contributed by atoms with Crippen molar-refractivity contribution in [1.29, 1.82) is 0 Å². The molecule has 0 heterocycles. The highest BCUT2D eigenvalue weighted by molar-refractivity contribution is 5.66. The number of rotatable bonds is 15. The van der Waals surface area contributed by atoms with Gasteiger partial charge in [-0.1, -0.05) is 70.4 Å². The SMILES string of the molecule is CCCCCCCCC(O)/C=C/[C@@H]1[C@@H](CCCCCC(=O)O)[C@@H](O)C[C@H]1O. The molecule has 0 aromatic carbocycles. The lowest BCUT2D eigenvalue weighted by Crippen LogP contribution is -2.21. The van der Waals surface area contributed by atoms with E-state index in [2.05, 4.69) is 6.92 Å². The summed E-state index contributed by atoms with van der Waals surface area (Å²) in [5, 5.41) is 39.3. The van der Waals surface area contributed by atoms with Gasteiger partial charge in [-0.3, -0.25) is 4.79 Å². The maximum atomic E-state index is 10.5. The predicted octanol–water partition coefficient (Wildman–Crippen LogP) is 4.05. The second-order valence-corrected chi connectivity index (χ2v) is 8.11. The Balaban J connectivity index is 2.33. The van der Waals surface area contributed by atoms with Gasteiger partial charge in [-0.15, -0.1) is 0 Å². The molecule has 1 fully saturated rings. The molecule has 0 aromatic heterocycles. The van der Waals surface area contributed by atoms with Gasteiger partial charge >= 0.3 is 5.97 Å². The molecule has 0 amide bonds. The summed E-state index contributed by atoms with van der Waals surface area (Å²) < 4.78 is 0. The van der Waals surface area contributed by atoms with Gasteiger partial charge in [-0.05, 0) is 25.2 Å². The summed E-state index contributed by atoms with van der Waals surface area (Å²) >= 11 is 0. The number of unbranched alkanes of at least 4 members (excludes halogenated alkanes) is 7. The zero-order chi connectivity index (χ0) is 20.1. The van der Waals surface area contributed by atoms with Crippen molar-refractivity contribution in [3.8, 4) is 0 Å². The largest absolute Gasteiger partial charge is 0.481 e. The number of aliphatic hydroxyl groups is 3. The van der Waals surface area contributed by atoms with Crippen LogP contribution in [0.5, 0.6) is 0 Å². The van der Waals surface area contributed by atoms with E-state index in [0.717, 1.165) is 38.5 Å². The molecule has 5 atom stereocenters. The van der Waals surface area contributed by atoms with Gasteiger partial charge in [-0.25, -0.2) is 0 Å². The van der Waals surface area contributed by atoms with E-state index in [1.165, 1.54) is 25.7 Å². The fourth-order valence-electron chi connectivity index (χ4n) is 4.10. The molecule has 1 aliphatic carbocycles. The van der Waals surface area contributed by atoms with Gasteiger partial charge in [0, 0.05) is 18.8 Å². The first kappa shape index (κ1) is 24.1. The average molecular weight is 385 g/mol. The van der Waals surface area contributed by atoms with Crippen LogP contribution < -0.4 is 0 Å². The molecule has 0 bridgehead atoms. The number of carbonyl (C=O) groups is 1. The van der Waals surface area contributed by atoms with Gasteiger partial charge in [0.15, 0.2) is 0 Å². The lowest BCUT2D eigenvalue weighted by atomic mass is 9.88. The molecule has 1 aliphatic rings. The van der Waals surface area contributed by atoms with Crippen molar-refractivity contribution in [2.75, 3.05) is 0 Å². The molecule has 4 N–H and O–H groups in total. The molecule has 0 radical (unpaired) electrons. The number of aliphatic hydroxyl groups excluding tert-OH is 3. The summed E-state index contributed by atoms with van der Waals surface area (Å²) in [6.07, 6.45) is 13.7. The molecule has 1 saturated carbocycles. The van der Waals surface area contributed by atoms with Gasteiger partial charge < -0.3 is 20.4 Å². The highest BCUT2D eigenvalue weighted by atomic mass is 16.4. The second-order valence-electron chi connectivity index (χ2n) is 8.11. The average Bonchev–Trinajstić information content (AvgIpc) is 2.88. The highest BCUT2D eigenvalue weighted by Gasteiger charge is 2.39. The minimum Gasteiger partial charge on any atom is -0.481 e. The summed E-state index contributed by atoms with van der Waals surface area (Å²) in [4.78, 5) is 10.5. The van der Waals surface area contributed by atoms with E-state index in [1.807, 2.05) is 6.08 Å². The Kier molecular flexibility index (Phi) is 12.6. The molecule has 1 unspecified atom stereocenters. The van der Waals surface area contributed by atoms with Crippen LogP contribution in [0.25, 0.3) is 0 Å². The van der Waals surface area contributed by atoms with Crippen molar-refractivity contribution in [1.82, 2.24) is 0 Å². The molecule has 27 heavy (non-hydrogen) atoms. The Hall–Kier alpha value is -0.910. The molecular formula is C22H40O5. The van der Waals surface area contributed by atoms with E-state index >= 15 is 0 Å². The van der Waals surface area contributed by atoms with Crippen molar-refractivity contribution in [2.45, 2.75) is 109 Å². The van der Waals surface area contributed by atoms with Gasteiger partial charge in [0.2, 0.25) is 0 Å². The van der Waals surface area contributed by atoms with Gasteiger partial charge in [0.25, 0.3) is 0 Å². The monoisotopic (exact) mass is 384 g/mol. The number of carboxylic acids is 1. The molecular weight excluding hydrogens is 344 g/mol. The van der Waals surface area contributed by atoms with Crippen LogP contribution in [0, 0.1) is 11.8 Å². The number of carboxylic acid groups (broad SMARTS) is 1. The molecule has 0 saturated heterocycles. The summed E-state index contributed by atoms with van der Waals surface area (Å²) in [5.74, 6) is -0.910. The van der Waals surface area contributed by atoms with Crippen molar-refractivity contribution in [3.63, 3.8) is 0 Å². The minimum atomic E-state index is -0.772. The van der Waals surface area contributed by atoms with Gasteiger partial charge in [0.1, 0.15) is 0 Å². The van der Waals surface area contributed by atoms with E-state index in [-0.39, 0.29) is 18.3 Å². The van der Waals surface area contributed by atoms with Gasteiger partial charge in [0.05, 0.1) is 18.3 Å². The Morgan fingerprint density at radius 2 is 1.67 bits per heavy atom. The number of hydrogen-bond acceptors (Lipinski definition) is 4. The Morgan fingerprint density at radius 3 is 2.37 bits per heavy atom. The van der Waals surface area contributed by atoms with Crippen LogP contribution in [0.4, 0.5) is 0 Å². The third-order valence-electron chi connectivity index (χ3n) is 5.75. The van der Waals surface area contributed by atoms with E-state index in [1.54, 1.807) is 6.08 Å². The zero-order valence-corrected chi connectivity index (χ0v) is 16.9. The minimum absolute atomic E-state index is 0.0117. The quantitative estimate of drug-likeness (QED) is 0.252. The van der Waals surface area contributed by atoms with Crippen molar-refractivity contribution >= 4 is 5.97 Å².